The summed E-state index contributed by atoms with van der Waals surface area (Å²) in [6.07, 6.45) is 5.14. The molecule has 0 saturated carbocycles. The molecule has 7 heteroatoms. The van der Waals surface area contributed by atoms with Crippen LogP contribution in [0.1, 0.15) is 33.7 Å². The maximum Gasteiger partial charge on any atom is 0.227 e. The molecule has 1 fully saturated rings. The normalized spacial score (nSPS) is 14.6. The first kappa shape index (κ1) is 19.9. The zero-order chi connectivity index (χ0) is 21.1. The van der Waals surface area contributed by atoms with E-state index in [0.717, 1.165) is 35.4 Å². The molecule has 1 N–H and O–H groups in total. The van der Waals surface area contributed by atoms with Crippen molar-refractivity contribution in [3.63, 3.8) is 0 Å². The lowest BCUT2D eigenvalue weighted by Gasteiger charge is -2.21. The highest BCUT2D eigenvalue weighted by Crippen LogP contribution is 2.29. The molecule has 0 bridgehead atoms. The molecule has 1 aliphatic heterocycles. The van der Waals surface area contributed by atoms with E-state index in [1.54, 1.807) is 12.3 Å². The molecular weight excluding hydrogens is 380 g/mol. The molecule has 0 aliphatic carbocycles. The topological polar surface area (TPSA) is 88.7 Å². The maximum atomic E-state index is 12.5. The molecule has 1 aromatic carbocycles. The Hall–Kier alpha value is -3.37. The van der Waals surface area contributed by atoms with Gasteiger partial charge >= 0.3 is 0 Å². The molecule has 1 aliphatic rings. The van der Waals surface area contributed by atoms with Crippen molar-refractivity contribution in [2.75, 3.05) is 18.5 Å². The number of anilines is 1. The minimum Gasteiger partial charge on any atom is -0.490 e. The smallest absolute Gasteiger partial charge is 0.227 e. The van der Waals surface area contributed by atoms with Gasteiger partial charge in [0.25, 0.3) is 0 Å². The molecule has 3 aromatic rings. The average molecular weight is 406 g/mol. The number of pyridine rings is 1. The molecular formula is C23H26N4O3. The van der Waals surface area contributed by atoms with Crippen molar-refractivity contribution in [3.05, 3.63) is 48.3 Å². The highest BCUT2D eigenvalue weighted by Gasteiger charge is 2.21. The van der Waals surface area contributed by atoms with Crippen molar-refractivity contribution in [1.82, 2.24) is 9.38 Å². The number of rotatable bonds is 5. The fourth-order valence-electron chi connectivity index (χ4n) is 3.60. The van der Waals surface area contributed by atoms with E-state index in [1.165, 1.54) is 0 Å². The molecule has 7 nitrogen and oxygen atoms in total. The van der Waals surface area contributed by atoms with Crippen molar-refractivity contribution in [2.24, 2.45) is 5.92 Å². The third-order valence-corrected chi connectivity index (χ3v) is 5.13. The number of hydrogen-bond donors (Lipinski definition) is 1. The number of amides is 1. The molecule has 3 heterocycles. The zero-order valence-electron chi connectivity index (χ0n) is 17.1. The summed E-state index contributed by atoms with van der Waals surface area (Å²) < 4.78 is 13.1. The van der Waals surface area contributed by atoms with E-state index >= 15 is 0 Å². The van der Waals surface area contributed by atoms with Crippen LogP contribution in [0.15, 0.2) is 42.7 Å². The molecule has 1 saturated heterocycles. The maximum absolute atomic E-state index is 12.5. The Morgan fingerprint density at radius 2 is 2.13 bits per heavy atom. The average Bonchev–Trinajstić information content (AvgIpc) is 3.17. The van der Waals surface area contributed by atoms with Gasteiger partial charge in [-0.3, -0.25) is 9.20 Å². The fraction of sp³-hybridized carbons (Fsp3) is 0.348. The summed E-state index contributed by atoms with van der Waals surface area (Å²) in [5.74, 6) is 0.570. The number of aromatic nitrogens is 2. The monoisotopic (exact) mass is 406 g/mol. The fourth-order valence-corrected chi connectivity index (χ4v) is 3.60. The van der Waals surface area contributed by atoms with Crippen LogP contribution in [0.4, 0.5) is 5.69 Å². The molecule has 1 amide bonds. The van der Waals surface area contributed by atoms with Gasteiger partial charge in [0.05, 0.1) is 23.6 Å². The minimum absolute atomic E-state index is 0. The lowest BCUT2D eigenvalue weighted by Crippen LogP contribution is -2.28. The molecule has 4 rings (SSSR count). The predicted octanol–water partition coefficient (Wildman–Crippen LogP) is 4.27. The van der Waals surface area contributed by atoms with E-state index in [0.29, 0.717) is 24.5 Å². The quantitative estimate of drug-likeness (QED) is 0.683. The first-order valence-electron chi connectivity index (χ1n) is 10.1. The van der Waals surface area contributed by atoms with E-state index in [9.17, 15) is 10.1 Å². The molecule has 156 valence electrons. The number of nitriles is 1. The van der Waals surface area contributed by atoms with Gasteiger partial charge in [-0.1, -0.05) is 6.07 Å². The number of nitrogens with zero attached hydrogens (tertiary/aromatic N) is 3. The van der Waals surface area contributed by atoms with Gasteiger partial charge in [-0.05, 0) is 44.9 Å². The molecule has 30 heavy (non-hydrogen) atoms. The number of imidazole rings is 1. The summed E-state index contributed by atoms with van der Waals surface area (Å²) in [7, 11) is 0. The van der Waals surface area contributed by atoms with Crippen LogP contribution in [0.25, 0.3) is 16.9 Å². The van der Waals surface area contributed by atoms with Crippen LogP contribution in [0.2, 0.25) is 0 Å². The third kappa shape index (κ3) is 4.14. The summed E-state index contributed by atoms with van der Waals surface area (Å²) in [5, 5.41) is 12.3. The second kappa shape index (κ2) is 8.56. The standard InChI is InChI=1S/C23H24N4O3.H2/c1-15(2)30-21-11-17(3-4-18(21)13-24)20-14-25-22-12-19(5-8-27(20)22)26-23(28)16-6-9-29-10-7-16;/h3-5,8,11-12,14-16H,6-7,9-10H2,1-2H3,(H,26,28);1H. The Kier molecular flexibility index (Phi) is 5.68. The van der Waals surface area contributed by atoms with E-state index in [1.807, 2.05) is 48.7 Å². The lowest BCUT2D eigenvalue weighted by molar-refractivity contribution is -0.122. The van der Waals surface area contributed by atoms with E-state index in [-0.39, 0.29) is 19.4 Å². The second-order valence-corrected chi connectivity index (χ2v) is 7.65. The first-order chi connectivity index (χ1) is 14.5. The Balaban J connectivity index is 0.00000272. The van der Waals surface area contributed by atoms with Crippen LogP contribution in [0.3, 0.4) is 0 Å². The second-order valence-electron chi connectivity index (χ2n) is 7.65. The van der Waals surface area contributed by atoms with Gasteiger partial charge in [0.15, 0.2) is 0 Å². The Morgan fingerprint density at radius 1 is 1.33 bits per heavy atom. The zero-order valence-corrected chi connectivity index (χ0v) is 17.1. The van der Waals surface area contributed by atoms with Crippen molar-refractivity contribution in [2.45, 2.75) is 32.8 Å². The summed E-state index contributed by atoms with van der Waals surface area (Å²) in [5.41, 5.74) is 3.73. The number of hydrogen-bond acceptors (Lipinski definition) is 5. The van der Waals surface area contributed by atoms with Gasteiger partial charge in [-0.25, -0.2) is 4.98 Å². The largest absolute Gasteiger partial charge is 0.490 e. The number of benzene rings is 1. The van der Waals surface area contributed by atoms with Crippen LogP contribution in [0, 0.1) is 17.2 Å². The number of carbonyl (C=O) groups is 1. The van der Waals surface area contributed by atoms with Crippen LogP contribution in [-0.4, -0.2) is 34.6 Å². The van der Waals surface area contributed by atoms with Crippen LogP contribution in [-0.2, 0) is 9.53 Å². The Labute approximate surface area is 176 Å². The molecule has 0 atom stereocenters. The summed E-state index contributed by atoms with van der Waals surface area (Å²) in [6, 6.07) is 11.4. The van der Waals surface area contributed by atoms with E-state index in [4.69, 9.17) is 9.47 Å². The SMILES string of the molecule is CC(C)Oc1cc(-c2cnc3cc(NC(=O)C4CCOCC4)ccn23)ccc1C#N.[HH]. The van der Waals surface area contributed by atoms with Crippen molar-refractivity contribution < 1.29 is 15.7 Å². The van der Waals surface area contributed by atoms with E-state index in [2.05, 4.69) is 16.4 Å². The summed E-state index contributed by atoms with van der Waals surface area (Å²) >= 11 is 0. The van der Waals surface area contributed by atoms with Crippen molar-refractivity contribution >= 4 is 17.2 Å². The molecule has 0 radical (unpaired) electrons. The predicted molar refractivity (Wildman–Crippen MR) is 115 cm³/mol. The number of nitrogens with one attached hydrogen (secondary N) is 1. The number of ether oxygens (including phenoxy) is 2. The van der Waals surface area contributed by atoms with Crippen LogP contribution in [0.5, 0.6) is 5.75 Å². The van der Waals surface area contributed by atoms with Gasteiger partial charge in [0.1, 0.15) is 17.5 Å². The van der Waals surface area contributed by atoms with Gasteiger partial charge in [0.2, 0.25) is 5.91 Å². The number of fused-ring (bicyclic) bond motifs is 1. The van der Waals surface area contributed by atoms with E-state index < -0.39 is 0 Å². The van der Waals surface area contributed by atoms with Crippen LogP contribution >= 0.6 is 0 Å². The van der Waals surface area contributed by atoms with Gasteiger partial charge in [-0.15, -0.1) is 0 Å². The third-order valence-electron chi connectivity index (χ3n) is 5.13. The summed E-state index contributed by atoms with van der Waals surface area (Å²) in [6.45, 7) is 5.12. The first-order valence-corrected chi connectivity index (χ1v) is 10.1. The van der Waals surface area contributed by atoms with Crippen molar-refractivity contribution in [3.8, 4) is 23.1 Å². The Bertz CT molecular complexity index is 1110. The van der Waals surface area contributed by atoms with Gasteiger partial charge in [-0.2, -0.15) is 5.26 Å². The molecule has 0 spiro atoms. The highest BCUT2D eigenvalue weighted by atomic mass is 16.5. The van der Waals surface area contributed by atoms with Crippen LogP contribution < -0.4 is 10.1 Å². The van der Waals surface area contributed by atoms with Gasteiger partial charge in [0, 0.05) is 44.1 Å². The highest BCUT2D eigenvalue weighted by molar-refractivity contribution is 5.93. The molecule has 0 unspecified atom stereocenters. The minimum atomic E-state index is -0.0311. The lowest BCUT2D eigenvalue weighted by atomic mass is 9.99. The Morgan fingerprint density at radius 3 is 2.87 bits per heavy atom. The molecule has 2 aromatic heterocycles. The van der Waals surface area contributed by atoms with Gasteiger partial charge < -0.3 is 14.8 Å². The summed E-state index contributed by atoms with van der Waals surface area (Å²) in [4.78, 5) is 17.0. The number of carbonyl (C=O) groups excluding carboxylic acids is 1. The van der Waals surface area contributed by atoms with Crippen molar-refractivity contribution in [1.29, 1.82) is 5.26 Å².